The molecule has 0 radical (unpaired) electrons. The van der Waals surface area contributed by atoms with Gasteiger partial charge in [0.25, 0.3) is 5.91 Å². The van der Waals surface area contributed by atoms with Gasteiger partial charge in [-0.05, 0) is 93.9 Å². The lowest BCUT2D eigenvalue weighted by molar-refractivity contribution is -0.141. The number of amides is 2. The number of alkyl halides is 3. The number of aromatic nitrogens is 2. The van der Waals surface area contributed by atoms with E-state index < -0.39 is 23.9 Å². The molecule has 1 atom stereocenters. The highest BCUT2D eigenvalue weighted by Gasteiger charge is 2.36. The Morgan fingerprint density at radius 1 is 0.857 bits per heavy atom. The molecule has 0 spiro atoms. The molecule has 49 heavy (non-hydrogen) atoms. The maximum Gasteiger partial charge on any atom is 0.435 e. The Hall–Kier alpha value is -5.68. The first kappa shape index (κ1) is 31.9. The van der Waals surface area contributed by atoms with E-state index >= 15 is 0 Å². The Morgan fingerprint density at radius 2 is 1.59 bits per heavy atom. The monoisotopic (exact) mass is 663 g/mol. The summed E-state index contributed by atoms with van der Waals surface area (Å²) in [5.74, 6) is -0.188. The van der Waals surface area contributed by atoms with Crippen LogP contribution in [-0.2, 0) is 12.7 Å². The van der Waals surface area contributed by atoms with Crippen LogP contribution in [0.3, 0.4) is 0 Å². The fraction of sp³-hybridized carbons (Fsp3) is 0.184. The van der Waals surface area contributed by atoms with E-state index in [-0.39, 0.29) is 24.0 Å². The fourth-order valence-electron chi connectivity index (χ4n) is 6.18. The summed E-state index contributed by atoms with van der Waals surface area (Å²) in [6.07, 6.45) is -3.71. The van der Waals surface area contributed by atoms with Crippen molar-refractivity contribution < 1.29 is 27.9 Å². The quantitative estimate of drug-likeness (QED) is 0.110. The predicted molar refractivity (Wildman–Crippen MR) is 182 cm³/mol. The van der Waals surface area contributed by atoms with Crippen molar-refractivity contribution in [3.8, 4) is 5.69 Å². The molecule has 1 aromatic heterocycles. The predicted octanol–water partition coefficient (Wildman–Crippen LogP) is 8.31. The third kappa shape index (κ3) is 6.97. The Balaban J connectivity index is 1.24. The topological polar surface area (TPSA) is 108 Å². The molecule has 2 amide bonds. The molecule has 0 saturated heterocycles. The number of carbonyl (C=O) groups is 2. The first-order chi connectivity index (χ1) is 23.6. The van der Waals surface area contributed by atoms with Crippen LogP contribution in [0.15, 0.2) is 109 Å². The SMILES string of the molecule is O=C(O)NCc1cccc(-n2nc(C(F)(F)F)cc2C(=O)Nc2cccc(C(NCC3CC3)c3cc4ccccc4c4ccccc34)c2)c1. The largest absolute Gasteiger partial charge is 0.465 e. The molecule has 5 aromatic carbocycles. The van der Waals surface area contributed by atoms with Gasteiger partial charge in [0.2, 0.25) is 0 Å². The minimum atomic E-state index is -4.80. The zero-order chi connectivity index (χ0) is 34.1. The molecule has 7 rings (SSSR count). The van der Waals surface area contributed by atoms with Crippen molar-refractivity contribution >= 4 is 39.2 Å². The molecule has 11 heteroatoms. The van der Waals surface area contributed by atoms with E-state index in [1.165, 1.54) is 25.0 Å². The van der Waals surface area contributed by atoms with Crippen molar-refractivity contribution in [2.24, 2.45) is 5.92 Å². The van der Waals surface area contributed by atoms with Crippen LogP contribution in [-0.4, -0.2) is 33.4 Å². The summed E-state index contributed by atoms with van der Waals surface area (Å²) in [7, 11) is 0. The van der Waals surface area contributed by atoms with Crippen molar-refractivity contribution in [1.29, 1.82) is 0 Å². The number of rotatable bonds is 10. The smallest absolute Gasteiger partial charge is 0.435 e. The van der Waals surface area contributed by atoms with Crippen LogP contribution in [0.4, 0.5) is 23.7 Å². The third-order valence-corrected chi connectivity index (χ3v) is 8.73. The van der Waals surface area contributed by atoms with Crippen LogP contribution in [0, 0.1) is 5.92 Å². The number of nitrogens with one attached hydrogen (secondary N) is 3. The molecular weight excluding hydrogens is 631 g/mol. The van der Waals surface area contributed by atoms with Gasteiger partial charge in [-0.25, -0.2) is 9.48 Å². The van der Waals surface area contributed by atoms with Gasteiger partial charge in [0, 0.05) is 18.3 Å². The molecule has 0 bridgehead atoms. The van der Waals surface area contributed by atoms with E-state index in [1.54, 1.807) is 18.2 Å². The van der Waals surface area contributed by atoms with Crippen LogP contribution in [0.25, 0.3) is 27.2 Å². The molecule has 1 saturated carbocycles. The van der Waals surface area contributed by atoms with Crippen LogP contribution < -0.4 is 16.0 Å². The summed E-state index contributed by atoms with van der Waals surface area (Å²) in [4.78, 5) is 24.7. The molecule has 1 heterocycles. The number of hydrogen-bond acceptors (Lipinski definition) is 4. The lowest BCUT2D eigenvalue weighted by Gasteiger charge is -2.23. The number of anilines is 1. The van der Waals surface area contributed by atoms with Crippen molar-refractivity contribution in [3.63, 3.8) is 0 Å². The van der Waals surface area contributed by atoms with Gasteiger partial charge < -0.3 is 21.1 Å². The van der Waals surface area contributed by atoms with Gasteiger partial charge >= 0.3 is 12.3 Å². The molecule has 1 unspecified atom stereocenters. The summed E-state index contributed by atoms with van der Waals surface area (Å²) >= 11 is 0. The average molecular weight is 664 g/mol. The van der Waals surface area contributed by atoms with E-state index in [2.05, 4.69) is 51.4 Å². The second-order valence-electron chi connectivity index (χ2n) is 12.2. The Bertz CT molecular complexity index is 2190. The van der Waals surface area contributed by atoms with Crippen molar-refractivity contribution in [1.82, 2.24) is 20.4 Å². The van der Waals surface area contributed by atoms with E-state index in [4.69, 9.17) is 5.11 Å². The molecule has 0 aliphatic heterocycles. The number of benzene rings is 5. The highest BCUT2D eigenvalue weighted by Crippen LogP contribution is 2.37. The Labute approximate surface area is 279 Å². The lowest BCUT2D eigenvalue weighted by Crippen LogP contribution is -2.25. The highest BCUT2D eigenvalue weighted by atomic mass is 19.4. The summed E-state index contributed by atoms with van der Waals surface area (Å²) in [5, 5.41) is 26.0. The average Bonchev–Trinajstić information content (AvgIpc) is 3.81. The highest BCUT2D eigenvalue weighted by molar-refractivity contribution is 6.09. The molecule has 6 aromatic rings. The molecule has 1 aliphatic carbocycles. The molecule has 1 aliphatic rings. The summed E-state index contributed by atoms with van der Waals surface area (Å²) < 4.78 is 42.4. The van der Waals surface area contributed by atoms with Gasteiger partial charge in [0.15, 0.2) is 5.69 Å². The van der Waals surface area contributed by atoms with E-state index in [9.17, 15) is 22.8 Å². The van der Waals surface area contributed by atoms with Crippen molar-refractivity contribution in [2.45, 2.75) is 31.6 Å². The zero-order valence-corrected chi connectivity index (χ0v) is 26.2. The number of halogens is 3. The number of fused-ring (bicyclic) bond motifs is 3. The summed E-state index contributed by atoms with van der Waals surface area (Å²) in [5.41, 5.74) is 1.48. The van der Waals surface area contributed by atoms with Gasteiger partial charge in [-0.3, -0.25) is 4.79 Å². The van der Waals surface area contributed by atoms with Gasteiger partial charge in [0.05, 0.1) is 11.7 Å². The van der Waals surface area contributed by atoms with Gasteiger partial charge in [-0.15, -0.1) is 0 Å². The summed E-state index contributed by atoms with van der Waals surface area (Å²) in [6.45, 7) is 0.746. The first-order valence-corrected chi connectivity index (χ1v) is 15.9. The minimum Gasteiger partial charge on any atom is -0.465 e. The van der Waals surface area contributed by atoms with Crippen LogP contribution in [0.5, 0.6) is 0 Å². The van der Waals surface area contributed by atoms with Crippen molar-refractivity contribution in [2.75, 3.05) is 11.9 Å². The number of hydrogen-bond donors (Lipinski definition) is 4. The van der Waals surface area contributed by atoms with Crippen molar-refractivity contribution in [3.05, 3.63) is 137 Å². The third-order valence-electron chi connectivity index (χ3n) is 8.73. The van der Waals surface area contributed by atoms with Crippen LogP contribution in [0.1, 0.15) is 51.8 Å². The van der Waals surface area contributed by atoms with E-state index in [0.717, 1.165) is 43.9 Å². The maximum atomic E-state index is 13.8. The standard InChI is InChI=1S/C38H32F3N5O3/c39-38(40,41)34-20-33(46(45-34)28-11-5-7-24(17-28)22-43-37(48)49)36(47)44-27-10-6-9-26(18-27)35(42-21-23-15-16-23)32-19-25-8-1-2-12-29(25)30-13-3-4-14-31(30)32/h1-14,17-20,23,35,42-43H,15-16,21-22H2,(H,44,47)(H,48,49). The molecule has 4 N–H and O–H groups in total. The zero-order valence-electron chi connectivity index (χ0n) is 26.2. The van der Waals surface area contributed by atoms with Crippen LogP contribution >= 0.6 is 0 Å². The second-order valence-corrected chi connectivity index (χ2v) is 12.2. The maximum absolute atomic E-state index is 13.8. The number of carbonyl (C=O) groups excluding carboxylic acids is 1. The first-order valence-electron chi connectivity index (χ1n) is 15.9. The van der Waals surface area contributed by atoms with Gasteiger partial charge in [-0.2, -0.15) is 18.3 Å². The number of carboxylic acid groups (broad SMARTS) is 1. The second kappa shape index (κ2) is 13.1. The van der Waals surface area contributed by atoms with E-state index in [1.807, 2.05) is 42.5 Å². The molecular formula is C38H32F3N5O3. The molecule has 1 fully saturated rings. The normalized spacial score (nSPS) is 13.8. The number of nitrogens with zero attached hydrogens (tertiary/aromatic N) is 2. The van der Waals surface area contributed by atoms with Gasteiger partial charge in [0.1, 0.15) is 5.69 Å². The lowest BCUT2D eigenvalue weighted by atomic mass is 9.90. The van der Waals surface area contributed by atoms with E-state index in [0.29, 0.717) is 23.2 Å². The van der Waals surface area contributed by atoms with Gasteiger partial charge in [-0.1, -0.05) is 72.8 Å². The minimum absolute atomic E-state index is 0.0761. The molecule has 8 nitrogen and oxygen atoms in total. The molecule has 248 valence electrons. The Kier molecular flexibility index (Phi) is 8.52. The van der Waals surface area contributed by atoms with Crippen LogP contribution in [0.2, 0.25) is 0 Å². The summed E-state index contributed by atoms with van der Waals surface area (Å²) in [6, 6.07) is 32.7. The Morgan fingerprint density at radius 3 is 2.35 bits per heavy atom. The fourth-order valence-corrected chi connectivity index (χ4v) is 6.18.